The van der Waals surface area contributed by atoms with Crippen molar-refractivity contribution in [2.45, 2.75) is 63.5 Å². The van der Waals surface area contributed by atoms with Gasteiger partial charge in [-0.25, -0.2) is 9.59 Å². The second-order valence-corrected chi connectivity index (χ2v) is 8.28. The van der Waals surface area contributed by atoms with Crippen molar-refractivity contribution < 1.29 is 14.7 Å². The molecule has 26 heavy (non-hydrogen) atoms. The molecule has 1 unspecified atom stereocenters. The van der Waals surface area contributed by atoms with Gasteiger partial charge in [0.15, 0.2) is 0 Å². The number of urea groups is 1. The summed E-state index contributed by atoms with van der Waals surface area (Å²) in [6, 6.07) is 0.401. The Hall–Kier alpha value is -1.34. The van der Waals surface area contributed by atoms with Gasteiger partial charge in [0.05, 0.1) is 0 Å². The smallest absolute Gasteiger partial charge is 0.329 e. The second-order valence-electron chi connectivity index (χ2n) is 8.28. The van der Waals surface area contributed by atoms with Crippen LogP contribution >= 0.6 is 0 Å². The second kappa shape index (κ2) is 8.57. The largest absolute Gasteiger partial charge is 0.480 e. The van der Waals surface area contributed by atoms with Gasteiger partial charge in [-0.1, -0.05) is 19.3 Å². The predicted molar refractivity (Wildman–Crippen MR) is 100 cm³/mol. The predicted octanol–water partition coefficient (Wildman–Crippen LogP) is 1.49. The fraction of sp³-hybridized carbons (Fsp3) is 0.895. The Kier molecular flexibility index (Phi) is 6.40. The number of amides is 2. The molecule has 1 saturated carbocycles. The first kappa shape index (κ1) is 19.4. The van der Waals surface area contributed by atoms with Gasteiger partial charge in [0.1, 0.15) is 5.54 Å². The van der Waals surface area contributed by atoms with Crippen LogP contribution in [0.4, 0.5) is 4.79 Å². The number of nitrogens with one attached hydrogen (secondary N) is 2. The minimum Gasteiger partial charge on any atom is -0.480 e. The molecule has 7 nitrogen and oxygen atoms in total. The molecule has 2 saturated heterocycles. The topological polar surface area (TPSA) is 84.9 Å². The third-order valence-electron chi connectivity index (χ3n) is 6.66. The van der Waals surface area contributed by atoms with Crippen LogP contribution in [0.25, 0.3) is 0 Å². The van der Waals surface area contributed by atoms with E-state index in [0.29, 0.717) is 19.1 Å². The number of hydrogen-bond donors (Lipinski definition) is 3. The number of aliphatic carboxylic acids is 1. The molecule has 3 N–H and O–H groups in total. The number of piperazine rings is 1. The highest BCUT2D eigenvalue weighted by atomic mass is 16.4. The quantitative estimate of drug-likeness (QED) is 0.702. The maximum Gasteiger partial charge on any atom is 0.329 e. The Morgan fingerprint density at radius 2 is 1.62 bits per heavy atom. The summed E-state index contributed by atoms with van der Waals surface area (Å²) < 4.78 is 0. The summed E-state index contributed by atoms with van der Waals surface area (Å²) in [7, 11) is 0. The van der Waals surface area contributed by atoms with Gasteiger partial charge in [-0.2, -0.15) is 0 Å². The number of carbonyl (C=O) groups is 2. The van der Waals surface area contributed by atoms with E-state index in [1.54, 1.807) is 11.8 Å². The van der Waals surface area contributed by atoms with Gasteiger partial charge in [-0.3, -0.25) is 4.90 Å². The van der Waals surface area contributed by atoms with E-state index in [1.807, 2.05) is 0 Å². The summed E-state index contributed by atoms with van der Waals surface area (Å²) in [5.41, 5.74) is -1.16. The van der Waals surface area contributed by atoms with Crippen molar-refractivity contribution >= 4 is 12.0 Å². The van der Waals surface area contributed by atoms with Crippen LogP contribution in [-0.2, 0) is 4.79 Å². The van der Waals surface area contributed by atoms with E-state index in [9.17, 15) is 14.7 Å². The van der Waals surface area contributed by atoms with Crippen LogP contribution in [0.3, 0.4) is 0 Å². The van der Waals surface area contributed by atoms with Crippen molar-refractivity contribution in [2.75, 3.05) is 39.3 Å². The average molecular weight is 367 g/mol. The molecule has 3 rings (SSSR count). The molecule has 7 heteroatoms. The molecule has 1 atom stereocenters. The number of carboxylic acids is 1. The minimum atomic E-state index is -1.16. The van der Waals surface area contributed by atoms with Crippen molar-refractivity contribution in [1.82, 2.24) is 20.4 Å². The number of hydrogen-bond acceptors (Lipinski definition) is 4. The molecular weight excluding hydrogens is 332 g/mol. The Balaban J connectivity index is 1.54. The summed E-state index contributed by atoms with van der Waals surface area (Å²) in [6.07, 6.45) is 7.38. The maximum absolute atomic E-state index is 12.8. The molecule has 0 radical (unpaired) electrons. The molecule has 0 bridgehead atoms. The van der Waals surface area contributed by atoms with Crippen molar-refractivity contribution in [2.24, 2.45) is 5.92 Å². The molecule has 0 aromatic rings. The van der Waals surface area contributed by atoms with Crippen LogP contribution in [-0.4, -0.2) is 77.8 Å². The van der Waals surface area contributed by atoms with Gasteiger partial charge in [-0.05, 0) is 51.6 Å². The van der Waals surface area contributed by atoms with Crippen LogP contribution in [0, 0.1) is 5.92 Å². The summed E-state index contributed by atoms with van der Waals surface area (Å²) >= 11 is 0. The molecule has 2 aliphatic heterocycles. The standard InChI is InChI=1S/C19H34N4O3/c1-19(17(24)25,15-5-3-2-4-6-15)21-18(26)23-13-11-22(12-14-23)16-7-9-20-10-8-16/h15-16,20H,2-14H2,1H3,(H,21,26)(H,24,25). The lowest BCUT2D eigenvalue weighted by molar-refractivity contribution is -0.146. The Morgan fingerprint density at radius 3 is 2.19 bits per heavy atom. The van der Waals surface area contributed by atoms with Crippen molar-refractivity contribution in [1.29, 1.82) is 0 Å². The highest BCUT2D eigenvalue weighted by Gasteiger charge is 2.44. The lowest BCUT2D eigenvalue weighted by Gasteiger charge is -2.42. The first-order valence-corrected chi connectivity index (χ1v) is 10.3. The monoisotopic (exact) mass is 366 g/mol. The van der Waals surface area contributed by atoms with E-state index in [-0.39, 0.29) is 11.9 Å². The zero-order valence-electron chi connectivity index (χ0n) is 16.0. The minimum absolute atomic E-state index is 0.0220. The Morgan fingerprint density at radius 1 is 1.00 bits per heavy atom. The normalized spacial score (nSPS) is 26.3. The molecule has 0 aromatic carbocycles. The maximum atomic E-state index is 12.8. The molecule has 0 aromatic heterocycles. The summed E-state index contributed by atoms with van der Waals surface area (Å²) in [6.45, 7) is 6.95. The number of carbonyl (C=O) groups excluding carboxylic acids is 1. The van der Waals surface area contributed by atoms with Crippen molar-refractivity contribution in [3.05, 3.63) is 0 Å². The van der Waals surface area contributed by atoms with E-state index in [2.05, 4.69) is 15.5 Å². The Labute approximate surface area is 156 Å². The average Bonchev–Trinajstić information content (AvgIpc) is 2.69. The van der Waals surface area contributed by atoms with E-state index in [0.717, 1.165) is 51.9 Å². The first-order valence-electron chi connectivity index (χ1n) is 10.3. The third-order valence-corrected chi connectivity index (χ3v) is 6.66. The van der Waals surface area contributed by atoms with E-state index >= 15 is 0 Å². The van der Waals surface area contributed by atoms with Crippen molar-refractivity contribution in [3.63, 3.8) is 0 Å². The van der Waals surface area contributed by atoms with Gasteiger partial charge in [0.2, 0.25) is 0 Å². The van der Waals surface area contributed by atoms with Crippen molar-refractivity contribution in [3.8, 4) is 0 Å². The van der Waals surface area contributed by atoms with E-state index < -0.39 is 11.5 Å². The van der Waals surface area contributed by atoms with E-state index in [4.69, 9.17) is 0 Å². The number of rotatable bonds is 4. The number of piperidine rings is 1. The molecule has 3 aliphatic rings. The molecule has 3 fully saturated rings. The lowest BCUT2D eigenvalue weighted by Crippen LogP contribution is -2.63. The van der Waals surface area contributed by atoms with Crippen LogP contribution in [0.5, 0.6) is 0 Å². The molecule has 2 amide bonds. The lowest BCUT2D eigenvalue weighted by atomic mass is 9.75. The zero-order valence-corrected chi connectivity index (χ0v) is 16.0. The highest BCUT2D eigenvalue weighted by molar-refractivity contribution is 5.86. The highest BCUT2D eigenvalue weighted by Crippen LogP contribution is 2.33. The fourth-order valence-corrected chi connectivity index (χ4v) is 4.77. The van der Waals surface area contributed by atoms with Gasteiger partial charge in [0.25, 0.3) is 0 Å². The molecule has 2 heterocycles. The number of nitrogens with zero attached hydrogens (tertiary/aromatic N) is 2. The summed E-state index contributed by atoms with van der Waals surface area (Å²) in [4.78, 5) is 29.0. The van der Waals surface area contributed by atoms with Crippen LogP contribution in [0.1, 0.15) is 51.9 Å². The number of carboxylic acid groups (broad SMARTS) is 1. The van der Waals surface area contributed by atoms with E-state index in [1.165, 1.54) is 19.3 Å². The molecule has 0 spiro atoms. The SMILES string of the molecule is CC(NC(=O)N1CCN(C2CCNCC2)CC1)(C(=O)O)C1CCCCC1. The Bertz CT molecular complexity index is 495. The molecular formula is C19H34N4O3. The third kappa shape index (κ3) is 4.31. The van der Waals surface area contributed by atoms with Crippen LogP contribution in [0.15, 0.2) is 0 Å². The molecule has 1 aliphatic carbocycles. The van der Waals surface area contributed by atoms with Gasteiger partial charge >= 0.3 is 12.0 Å². The summed E-state index contributed by atoms with van der Waals surface area (Å²) in [5, 5.41) is 16.1. The van der Waals surface area contributed by atoms with Gasteiger partial charge in [-0.15, -0.1) is 0 Å². The van der Waals surface area contributed by atoms with Gasteiger partial charge in [0, 0.05) is 32.2 Å². The van der Waals surface area contributed by atoms with Crippen LogP contribution in [0.2, 0.25) is 0 Å². The molecule has 148 valence electrons. The fourth-order valence-electron chi connectivity index (χ4n) is 4.77. The zero-order chi connectivity index (χ0) is 18.6. The first-order chi connectivity index (χ1) is 12.5. The van der Waals surface area contributed by atoms with Gasteiger partial charge < -0.3 is 20.6 Å². The summed E-state index contributed by atoms with van der Waals surface area (Å²) in [5.74, 6) is -0.889. The van der Waals surface area contributed by atoms with Crippen LogP contribution < -0.4 is 10.6 Å².